The molecule has 0 radical (unpaired) electrons. The Morgan fingerprint density at radius 3 is 1.74 bits per heavy atom. The lowest BCUT2D eigenvalue weighted by Gasteiger charge is -2.22. The highest BCUT2D eigenvalue weighted by atomic mass is 32.2. The third-order valence-corrected chi connectivity index (χ3v) is 6.32. The number of carbonyl (C=O) groups is 1. The molecular weight excluding hydrogens is 487 g/mol. The maximum Gasteiger partial charge on any atom is 0.274 e. The molecule has 3 rings (SSSR count). The van der Waals surface area contributed by atoms with Crippen LogP contribution in [0.5, 0.6) is 0 Å². The number of nitrogens with one attached hydrogen (secondary N) is 1. The highest BCUT2D eigenvalue weighted by molar-refractivity contribution is 7.97. The van der Waals surface area contributed by atoms with Crippen LogP contribution in [-0.2, 0) is 19.5 Å². The van der Waals surface area contributed by atoms with Crippen LogP contribution >= 0.6 is 11.9 Å². The second kappa shape index (κ2) is 12.1. The molecule has 2 N–H and O–H groups in total. The van der Waals surface area contributed by atoms with Gasteiger partial charge in [0.2, 0.25) is 5.82 Å². The molecular formula is C25H23F5N2O2S. The van der Waals surface area contributed by atoms with E-state index in [-0.39, 0.29) is 18.7 Å². The fraction of sp³-hybridized carbons (Fsp3) is 0.240. The molecule has 0 aliphatic rings. The van der Waals surface area contributed by atoms with Gasteiger partial charge in [-0.2, -0.15) is 0 Å². The topological polar surface area (TPSA) is 52.6 Å². The van der Waals surface area contributed by atoms with E-state index in [2.05, 4.69) is 6.92 Å². The van der Waals surface area contributed by atoms with E-state index in [0.717, 1.165) is 30.4 Å². The Bertz CT molecular complexity index is 1140. The third kappa shape index (κ3) is 6.59. The number of hydroxylamine groups is 1. The van der Waals surface area contributed by atoms with E-state index in [1.165, 1.54) is 21.9 Å². The minimum absolute atomic E-state index is 0.0583. The molecule has 0 atom stereocenters. The molecule has 0 saturated carbocycles. The summed E-state index contributed by atoms with van der Waals surface area (Å²) >= 11 is 0.419. The number of rotatable bonds is 10. The molecule has 0 unspecified atom stereocenters. The summed E-state index contributed by atoms with van der Waals surface area (Å²) in [6.45, 7) is 2.28. The quantitative estimate of drug-likeness (QED) is 0.0811. The first-order valence-electron chi connectivity index (χ1n) is 10.8. The van der Waals surface area contributed by atoms with Gasteiger partial charge in [0.15, 0.2) is 23.3 Å². The van der Waals surface area contributed by atoms with E-state index in [1.807, 2.05) is 24.3 Å². The van der Waals surface area contributed by atoms with Crippen molar-refractivity contribution < 1.29 is 32.0 Å². The van der Waals surface area contributed by atoms with E-state index in [1.54, 1.807) is 12.1 Å². The summed E-state index contributed by atoms with van der Waals surface area (Å²) in [6.07, 6.45) is 2.99. The molecule has 1 amide bonds. The van der Waals surface area contributed by atoms with Crippen molar-refractivity contribution in [2.24, 2.45) is 0 Å². The van der Waals surface area contributed by atoms with Crippen molar-refractivity contribution in [3.05, 3.63) is 99.9 Å². The number of nitrogens with zero attached hydrogens (tertiary/aromatic N) is 1. The van der Waals surface area contributed by atoms with Crippen molar-refractivity contribution in [3.8, 4) is 0 Å². The zero-order valence-electron chi connectivity index (χ0n) is 18.8. The minimum atomic E-state index is -2.21. The van der Waals surface area contributed by atoms with Crippen molar-refractivity contribution in [1.82, 2.24) is 9.79 Å². The molecule has 0 aliphatic heterocycles. The Morgan fingerprint density at radius 1 is 0.800 bits per heavy atom. The van der Waals surface area contributed by atoms with Crippen LogP contribution in [0.1, 0.15) is 46.8 Å². The van der Waals surface area contributed by atoms with Crippen molar-refractivity contribution in [1.29, 1.82) is 0 Å². The standard InChI is InChI=1S/C25H23F5N2O2S/c1-2-3-4-15-5-7-16(8-6-15)13-32(14-17-9-11-18(12-10-17)25(33)31-34)35-24-22(29)20(27)19(26)21(28)23(24)30/h5-12,34H,2-4,13-14H2,1H3,(H,31,33). The van der Waals surface area contributed by atoms with Crippen molar-refractivity contribution in [3.63, 3.8) is 0 Å². The molecule has 0 aliphatic carbocycles. The van der Waals surface area contributed by atoms with Crippen LogP contribution < -0.4 is 5.48 Å². The largest absolute Gasteiger partial charge is 0.288 e. The molecule has 0 heterocycles. The SMILES string of the molecule is CCCCc1ccc(CN(Cc2ccc(C(=O)NO)cc2)Sc2c(F)c(F)c(F)c(F)c2F)cc1. The van der Waals surface area contributed by atoms with E-state index in [0.29, 0.717) is 17.5 Å². The number of halogens is 5. The molecule has 10 heteroatoms. The summed E-state index contributed by atoms with van der Waals surface area (Å²) < 4.78 is 71.2. The van der Waals surface area contributed by atoms with Crippen LogP contribution in [0.15, 0.2) is 53.4 Å². The van der Waals surface area contributed by atoms with Gasteiger partial charge in [-0.3, -0.25) is 10.0 Å². The van der Waals surface area contributed by atoms with Gasteiger partial charge in [0.1, 0.15) is 4.90 Å². The van der Waals surface area contributed by atoms with Gasteiger partial charge >= 0.3 is 0 Å². The average molecular weight is 511 g/mol. The lowest BCUT2D eigenvalue weighted by Crippen LogP contribution is -2.19. The van der Waals surface area contributed by atoms with Gasteiger partial charge in [-0.05, 0) is 53.6 Å². The molecule has 3 aromatic rings. The molecule has 4 nitrogen and oxygen atoms in total. The van der Waals surface area contributed by atoms with E-state index in [9.17, 15) is 26.7 Å². The predicted molar refractivity (Wildman–Crippen MR) is 122 cm³/mol. The average Bonchev–Trinajstić information content (AvgIpc) is 2.88. The molecule has 0 spiro atoms. The van der Waals surface area contributed by atoms with Crippen LogP contribution in [0.4, 0.5) is 22.0 Å². The molecule has 0 saturated heterocycles. The van der Waals surface area contributed by atoms with Gasteiger partial charge in [0.05, 0.1) is 0 Å². The fourth-order valence-corrected chi connectivity index (χ4v) is 4.36. The van der Waals surface area contributed by atoms with Crippen LogP contribution in [0.2, 0.25) is 0 Å². The fourth-order valence-electron chi connectivity index (χ4n) is 3.34. The molecule has 0 bridgehead atoms. The predicted octanol–water partition coefficient (Wildman–Crippen LogP) is 6.55. The van der Waals surface area contributed by atoms with Gasteiger partial charge in [-0.25, -0.2) is 31.7 Å². The van der Waals surface area contributed by atoms with Crippen molar-refractivity contribution in [2.75, 3.05) is 0 Å². The molecule has 35 heavy (non-hydrogen) atoms. The number of amides is 1. The number of hydrogen-bond donors (Lipinski definition) is 2. The first kappa shape index (κ1) is 26.7. The highest BCUT2D eigenvalue weighted by Crippen LogP contribution is 2.34. The molecule has 186 valence electrons. The normalized spacial score (nSPS) is 11.2. The second-order valence-corrected chi connectivity index (χ2v) is 8.95. The van der Waals surface area contributed by atoms with Gasteiger partial charge in [0.25, 0.3) is 5.91 Å². The highest BCUT2D eigenvalue weighted by Gasteiger charge is 2.28. The molecule has 0 fully saturated rings. The third-order valence-electron chi connectivity index (χ3n) is 5.27. The number of aryl methyl sites for hydroxylation is 1. The summed E-state index contributed by atoms with van der Waals surface area (Å²) in [7, 11) is 0. The maximum atomic E-state index is 14.4. The lowest BCUT2D eigenvalue weighted by atomic mass is 10.1. The summed E-state index contributed by atoms with van der Waals surface area (Å²) in [4.78, 5) is 10.5. The summed E-state index contributed by atoms with van der Waals surface area (Å²) in [5.74, 6) is -10.7. The number of hydrogen-bond acceptors (Lipinski definition) is 4. The Labute approximate surface area is 203 Å². The smallest absolute Gasteiger partial charge is 0.274 e. The first-order valence-corrected chi connectivity index (χ1v) is 11.6. The van der Waals surface area contributed by atoms with Crippen LogP contribution in [0.3, 0.4) is 0 Å². The summed E-state index contributed by atoms with van der Waals surface area (Å²) in [5, 5.41) is 8.74. The Kier molecular flexibility index (Phi) is 9.25. The van der Waals surface area contributed by atoms with Crippen LogP contribution in [0, 0.1) is 29.1 Å². The Hall–Kier alpha value is -2.95. The number of unbranched alkanes of at least 4 members (excludes halogenated alkanes) is 1. The minimum Gasteiger partial charge on any atom is -0.288 e. The summed E-state index contributed by atoms with van der Waals surface area (Å²) in [6, 6.07) is 13.6. The Balaban J connectivity index is 1.89. The summed E-state index contributed by atoms with van der Waals surface area (Å²) in [5.41, 5.74) is 4.21. The lowest BCUT2D eigenvalue weighted by molar-refractivity contribution is 0.0706. The van der Waals surface area contributed by atoms with Crippen molar-refractivity contribution >= 4 is 17.9 Å². The zero-order chi connectivity index (χ0) is 25.5. The zero-order valence-corrected chi connectivity index (χ0v) is 19.6. The maximum absolute atomic E-state index is 14.4. The van der Waals surface area contributed by atoms with Crippen LogP contribution in [-0.4, -0.2) is 15.4 Å². The van der Waals surface area contributed by atoms with E-state index < -0.39 is 39.9 Å². The second-order valence-electron chi connectivity index (χ2n) is 7.85. The monoisotopic (exact) mass is 510 g/mol. The van der Waals surface area contributed by atoms with E-state index in [4.69, 9.17) is 5.21 Å². The number of benzene rings is 3. The van der Waals surface area contributed by atoms with E-state index >= 15 is 0 Å². The van der Waals surface area contributed by atoms with Gasteiger partial charge < -0.3 is 0 Å². The molecule has 0 aromatic heterocycles. The van der Waals surface area contributed by atoms with Gasteiger partial charge in [-0.1, -0.05) is 49.7 Å². The molecule has 3 aromatic carbocycles. The number of carbonyl (C=O) groups excluding carboxylic acids is 1. The van der Waals surface area contributed by atoms with Crippen LogP contribution in [0.25, 0.3) is 0 Å². The van der Waals surface area contributed by atoms with Gasteiger partial charge in [-0.15, -0.1) is 0 Å². The van der Waals surface area contributed by atoms with Gasteiger partial charge in [0, 0.05) is 18.7 Å². The first-order chi connectivity index (χ1) is 16.7. The Morgan fingerprint density at radius 2 is 1.26 bits per heavy atom. The van der Waals surface area contributed by atoms with Crippen molar-refractivity contribution in [2.45, 2.75) is 44.2 Å².